The van der Waals surface area contributed by atoms with Crippen LogP contribution in [0.5, 0.6) is 0 Å². The Hall–Kier alpha value is -1.03. The molecule has 0 bridgehead atoms. The summed E-state index contributed by atoms with van der Waals surface area (Å²) in [4.78, 5) is 0. The number of anilines is 1. The average molecular weight is 169 g/mol. The molecular formula is C8H15N3O. The molecule has 0 amide bonds. The van der Waals surface area contributed by atoms with Gasteiger partial charge in [0.15, 0.2) is 0 Å². The number of aliphatic hydroxyl groups is 1. The standard InChI is InChI=1S/C8H15N3O/c1-5(7(3)12)11-6(2)8(9)4-10-11/h4-5,7,12H,9H2,1-3H3/t5-,7-/m0/s1. The van der Waals surface area contributed by atoms with E-state index in [1.54, 1.807) is 17.8 Å². The summed E-state index contributed by atoms with van der Waals surface area (Å²) in [5, 5.41) is 13.4. The van der Waals surface area contributed by atoms with Crippen LogP contribution in [0.25, 0.3) is 0 Å². The molecule has 1 rings (SSSR count). The maximum Gasteiger partial charge on any atom is 0.0751 e. The van der Waals surface area contributed by atoms with Gasteiger partial charge in [0, 0.05) is 0 Å². The van der Waals surface area contributed by atoms with Crippen molar-refractivity contribution in [3.63, 3.8) is 0 Å². The third-order valence-corrected chi connectivity index (χ3v) is 2.17. The molecule has 0 aromatic carbocycles. The lowest BCUT2D eigenvalue weighted by molar-refractivity contribution is 0.131. The third-order valence-electron chi connectivity index (χ3n) is 2.17. The fourth-order valence-electron chi connectivity index (χ4n) is 1.05. The molecule has 0 radical (unpaired) electrons. The zero-order valence-electron chi connectivity index (χ0n) is 7.65. The second-order valence-corrected chi connectivity index (χ2v) is 3.11. The van der Waals surface area contributed by atoms with Crippen LogP contribution in [-0.2, 0) is 0 Å². The van der Waals surface area contributed by atoms with Crippen molar-refractivity contribution in [3.8, 4) is 0 Å². The minimum Gasteiger partial charge on any atom is -0.396 e. The minimum absolute atomic E-state index is 0.0256. The van der Waals surface area contributed by atoms with Crippen LogP contribution in [0.3, 0.4) is 0 Å². The second-order valence-electron chi connectivity index (χ2n) is 3.11. The van der Waals surface area contributed by atoms with Crippen molar-refractivity contribution >= 4 is 5.69 Å². The van der Waals surface area contributed by atoms with Crippen molar-refractivity contribution in [2.45, 2.75) is 32.9 Å². The number of hydrogen-bond acceptors (Lipinski definition) is 3. The largest absolute Gasteiger partial charge is 0.396 e. The summed E-state index contributed by atoms with van der Waals surface area (Å²) in [5.41, 5.74) is 7.19. The van der Waals surface area contributed by atoms with E-state index in [4.69, 9.17) is 5.73 Å². The molecule has 12 heavy (non-hydrogen) atoms. The molecule has 0 aliphatic carbocycles. The molecule has 1 heterocycles. The van der Waals surface area contributed by atoms with E-state index in [1.165, 1.54) is 0 Å². The molecule has 0 saturated heterocycles. The van der Waals surface area contributed by atoms with Crippen LogP contribution < -0.4 is 5.73 Å². The molecule has 1 aromatic rings. The maximum atomic E-state index is 9.31. The van der Waals surface area contributed by atoms with Crippen LogP contribution in [-0.4, -0.2) is 21.0 Å². The Morgan fingerprint density at radius 2 is 2.17 bits per heavy atom. The molecule has 0 unspecified atom stereocenters. The number of nitrogens with two attached hydrogens (primary N) is 1. The summed E-state index contributed by atoms with van der Waals surface area (Å²) >= 11 is 0. The normalized spacial score (nSPS) is 16.0. The van der Waals surface area contributed by atoms with E-state index in [2.05, 4.69) is 5.10 Å². The highest BCUT2D eigenvalue weighted by Gasteiger charge is 2.14. The third kappa shape index (κ3) is 1.43. The summed E-state index contributed by atoms with van der Waals surface area (Å²) in [6.45, 7) is 5.54. The lowest BCUT2D eigenvalue weighted by Gasteiger charge is -2.16. The quantitative estimate of drug-likeness (QED) is 0.685. The smallest absolute Gasteiger partial charge is 0.0751 e. The fourth-order valence-corrected chi connectivity index (χ4v) is 1.05. The Bertz CT molecular complexity index is 267. The molecule has 0 fully saturated rings. The zero-order valence-corrected chi connectivity index (χ0v) is 7.65. The highest BCUT2D eigenvalue weighted by Crippen LogP contribution is 2.16. The van der Waals surface area contributed by atoms with Gasteiger partial charge in [-0.3, -0.25) is 4.68 Å². The molecule has 0 aliphatic heterocycles. The van der Waals surface area contributed by atoms with Gasteiger partial charge in [0.2, 0.25) is 0 Å². The molecule has 0 saturated carbocycles. The van der Waals surface area contributed by atoms with E-state index in [0.717, 1.165) is 5.69 Å². The van der Waals surface area contributed by atoms with E-state index in [9.17, 15) is 5.11 Å². The van der Waals surface area contributed by atoms with Crippen molar-refractivity contribution in [1.29, 1.82) is 0 Å². The van der Waals surface area contributed by atoms with Gasteiger partial charge in [-0.1, -0.05) is 0 Å². The molecule has 2 atom stereocenters. The number of hydrogen-bond donors (Lipinski definition) is 2. The van der Waals surface area contributed by atoms with E-state index in [0.29, 0.717) is 5.69 Å². The van der Waals surface area contributed by atoms with Crippen LogP contribution in [0.15, 0.2) is 6.20 Å². The Balaban J connectivity index is 2.95. The molecule has 68 valence electrons. The van der Waals surface area contributed by atoms with Crippen molar-refractivity contribution in [2.24, 2.45) is 0 Å². The molecule has 4 nitrogen and oxygen atoms in total. The summed E-state index contributed by atoms with van der Waals surface area (Å²) in [5.74, 6) is 0. The molecule has 0 spiro atoms. The summed E-state index contributed by atoms with van der Waals surface area (Å²) in [7, 11) is 0. The van der Waals surface area contributed by atoms with Crippen LogP contribution in [0.1, 0.15) is 25.6 Å². The van der Waals surface area contributed by atoms with E-state index >= 15 is 0 Å². The van der Waals surface area contributed by atoms with E-state index in [-0.39, 0.29) is 6.04 Å². The first-order chi connectivity index (χ1) is 5.54. The predicted molar refractivity (Wildman–Crippen MR) is 47.8 cm³/mol. The number of nitrogens with zero attached hydrogens (tertiary/aromatic N) is 2. The molecule has 3 N–H and O–H groups in total. The van der Waals surface area contributed by atoms with Gasteiger partial charge in [-0.2, -0.15) is 5.10 Å². The van der Waals surface area contributed by atoms with Gasteiger partial charge in [0.05, 0.1) is 29.7 Å². The van der Waals surface area contributed by atoms with Crippen LogP contribution in [0, 0.1) is 6.92 Å². The maximum absolute atomic E-state index is 9.31. The number of aromatic nitrogens is 2. The average Bonchev–Trinajstić information content (AvgIpc) is 2.32. The highest BCUT2D eigenvalue weighted by atomic mass is 16.3. The monoisotopic (exact) mass is 169 g/mol. The second kappa shape index (κ2) is 3.15. The lowest BCUT2D eigenvalue weighted by atomic mass is 10.2. The van der Waals surface area contributed by atoms with Gasteiger partial charge in [0.1, 0.15) is 0 Å². The molecule has 0 aliphatic rings. The zero-order chi connectivity index (χ0) is 9.30. The van der Waals surface area contributed by atoms with Gasteiger partial charge in [-0.25, -0.2) is 0 Å². The lowest BCUT2D eigenvalue weighted by Crippen LogP contribution is -2.20. The van der Waals surface area contributed by atoms with Crippen molar-refractivity contribution < 1.29 is 5.11 Å². The van der Waals surface area contributed by atoms with Gasteiger partial charge in [0.25, 0.3) is 0 Å². The number of nitrogen functional groups attached to an aromatic ring is 1. The Morgan fingerprint density at radius 3 is 2.50 bits per heavy atom. The first-order valence-corrected chi connectivity index (χ1v) is 4.01. The molecular weight excluding hydrogens is 154 g/mol. The fraction of sp³-hybridized carbons (Fsp3) is 0.625. The number of rotatable bonds is 2. The highest BCUT2D eigenvalue weighted by molar-refractivity contribution is 5.39. The Labute approximate surface area is 72.0 Å². The van der Waals surface area contributed by atoms with Gasteiger partial charge in [-0.05, 0) is 20.8 Å². The molecule has 1 aromatic heterocycles. The summed E-state index contributed by atoms with van der Waals surface area (Å²) in [6.07, 6.45) is 1.19. The minimum atomic E-state index is -0.414. The van der Waals surface area contributed by atoms with Crippen LogP contribution in [0.4, 0.5) is 5.69 Å². The van der Waals surface area contributed by atoms with Gasteiger partial charge >= 0.3 is 0 Å². The Morgan fingerprint density at radius 1 is 1.58 bits per heavy atom. The summed E-state index contributed by atoms with van der Waals surface area (Å²) < 4.78 is 1.74. The van der Waals surface area contributed by atoms with Gasteiger partial charge < -0.3 is 10.8 Å². The van der Waals surface area contributed by atoms with Crippen molar-refractivity contribution in [1.82, 2.24) is 9.78 Å². The van der Waals surface area contributed by atoms with Crippen molar-refractivity contribution in [2.75, 3.05) is 5.73 Å². The SMILES string of the molecule is Cc1c(N)cnn1[C@@H](C)[C@H](C)O. The first kappa shape index (κ1) is 9.06. The van der Waals surface area contributed by atoms with E-state index in [1.807, 2.05) is 13.8 Å². The van der Waals surface area contributed by atoms with Crippen molar-refractivity contribution in [3.05, 3.63) is 11.9 Å². The topological polar surface area (TPSA) is 64.1 Å². The summed E-state index contributed by atoms with van der Waals surface area (Å²) in [6, 6.07) is -0.0256. The van der Waals surface area contributed by atoms with E-state index < -0.39 is 6.10 Å². The van der Waals surface area contributed by atoms with Crippen LogP contribution >= 0.6 is 0 Å². The van der Waals surface area contributed by atoms with Gasteiger partial charge in [-0.15, -0.1) is 0 Å². The number of aliphatic hydroxyl groups excluding tert-OH is 1. The Kier molecular flexibility index (Phi) is 2.38. The predicted octanol–water partition coefficient (Wildman–Crippen LogP) is 0.716. The molecule has 4 heteroatoms. The van der Waals surface area contributed by atoms with Crippen LogP contribution in [0.2, 0.25) is 0 Å². The first-order valence-electron chi connectivity index (χ1n) is 4.01.